The lowest BCUT2D eigenvalue weighted by molar-refractivity contribution is 0.0953. The summed E-state index contributed by atoms with van der Waals surface area (Å²) in [7, 11) is 0. The summed E-state index contributed by atoms with van der Waals surface area (Å²) in [6.07, 6.45) is 5.06. The van der Waals surface area contributed by atoms with Gasteiger partial charge >= 0.3 is 0 Å². The van der Waals surface area contributed by atoms with Crippen molar-refractivity contribution in [3.05, 3.63) is 41.3 Å². The van der Waals surface area contributed by atoms with Crippen LogP contribution in [0.15, 0.2) is 24.5 Å². The molecule has 2 aromatic heterocycles. The molecule has 5 N–H and O–H groups in total. The van der Waals surface area contributed by atoms with Crippen LogP contribution in [-0.4, -0.2) is 27.6 Å². The number of aromatic nitrogens is 3. The van der Waals surface area contributed by atoms with Crippen LogP contribution >= 0.6 is 0 Å². The van der Waals surface area contributed by atoms with Gasteiger partial charge in [-0.2, -0.15) is 5.10 Å². The van der Waals surface area contributed by atoms with Gasteiger partial charge in [0, 0.05) is 18.4 Å². The van der Waals surface area contributed by atoms with Gasteiger partial charge in [0.2, 0.25) is 0 Å². The minimum Gasteiger partial charge on any atom is -0.352 e. The van der Waals surface area contributed by atoms with Crippen LogP contribution in [0, 0.1) is 6.92 Å². The monoisotopic (exact) mass is 274 g/mol. The third kappa shape index (κ3) is 3.55. The molecule has 20 heavy (non-hydrogen) atoms. The fraction of sp³-hybridized carbons (Fsp3) is 0.308. The number of carbonyl (C=O) groups is 1. The topological polar surface area (TPSA) is 109 Å². The van der Waals surface area contributed by atoms with E-state index in [0.29, 0.717) is 17.9 Å². The second kappa shape index (κ2) is 6.67. The fourth-order valence-corrected chi connectivity index (χ4v) is 1.82. The van der Waals surface area contributed by atoms with Crippen LogP contribution in [0.25, 0.3) is 0 Å². The number of carbonyl (C=O) groups excluding carboxylic acids is 1. The Labute approximate surface area is 117 Å². The maximum atomic E-state index is 11.9. The molecular weight excluding hydrogens is 256 g/mol. The smallest absolute Gasteiger partial charge is 0.252 e. The zero-order chi connectivity index (χ0) is 14.4. The molecule has 0 bridgehead atoms. The van der Waals surface area contributed by atoms with E-state index in [2.05, 4.69) is 25.9 Å². The number of nitrogen functional groups attached to an aromatic ring is 1. The van der Waals surface area contributed by atoms with Gasteiger partial charge in [-0.3, -0.25) is 9.89 Å². The zero-order valence-corrected chi connectivity index (χ0v) is 11.3. The fourth-order valence-electron chi connectivity index (χ4n) is 1.82. The Morgan fingerprint density at radius 1 is 1.40 bits per heavy atom. The number of nitrogens with two attached hydrogens (primary N) is 1. The van der Waals surface area contributed by atoms with Crippen LogP contribution in [0.5, 0.6) is 0 Å². The molecule has 0 fully saturated rings. The van der Waals surface area contributed by atoms with Crippen molar-refractivity contribution in [3.8, 4) is 0 Å². The minimum atomic E-state index is -0.134. The van der Waals surface area contributed by atoms with Crippen molar-refractivity contribution in [2.45, 2.75) is 19.8 Å². The summed E-state index contributed by atoms with van der Waals surface area (Å²) in [5.41, 5.74) is 5.19. The van der Waals surface area contributed by atoms with E-state index in [-0.39, 0.29) is 5.91 Å². The lowest BCUT2D eigenvalue weighted by Gasteiger charge is -2.05. The van der Waals surface area contributed by atoms with Gasteiger partial charge in [0.15, 0.2) is 0 Å². The third-order valence-corrected chi connectivity index (χ3v) is 3.02. The first-order chi connectivity index (χ1) is 9.70. The van der Waals surface area contributed by atoms with Gasteiger partial charge < -0.3 is 10.7 Å². The van der Waals surface area contributed by atoms with E-state index < -0.39 is 0 Å². The lowest BCUT2D eigenvalue weighted by Crippen LogP contribution is -2.25. The number of anilines is 1. The predicted molar refractivity (Wildman–Crippen MR) is 76.0 cm³/mol. The Hall–Kier alpha value is -2.41. The number of nitrogens with zero attached hydrogens (tertiary/aromatic N) is 2. The Balaban J connectivity index is 1.76. The second-order valence-corrected chi connectivity index (χ2v) is 4.46. The average molecular weight is 274 g/mol. The number of aryl methyl sites for hydroxylation is 2. The minimum absolute atomic E-state index is 0.134. The molecule has 0 aliphatic carbocycles. The lowest BCUT2D eigenvalue weighted by atomic mass is 10.1. The molecule has 0 atom stereocenters. The highest BCUT2D eigenvalue weighted by Gasteiger charge is 2.06. The van der Waals surface area contributed by atoms with E-state index in [0.717, 1.165) is 18.5 Å². The molecule has 2 aromatic rings. The SMILES string of the molecule is Cc1[nH]ncc1CCCNC(=O)c1ccc(NN)nc1. The first kappa shape index (κ1) is 14.0. The Morgan fingerprint density at radius 3 is 2.85 bits per heavy atom. The first-order valence-electron chi connectivity index (χ1n) is 6.40. The molecular formula is C13H18N6O. The Morgan fingerprint density at radius 2 is 2.25 bits per heavy atom. The number of hydrogen-bond donors (Lipinski definition) is 4. The van der Waals surface area contributed by atoms with E-state index in [9.17, 15) is 4.79 Å². The van der Waals surface area contributed by atoms with Crippen LogP contribution in [0.4, 0.5) is 5.82 Å². The number of hydrazine groups is 1. The van der Waals surface area contributed by atoms with E-state index in [4.69, 9.17) is 5.84 Å². The van der Waals surface area contributed by atoms with Crippen LogP contribution < -0.4 is 16.6 Å². The standard InChI is InChI=1S/C13H18N6O/c1-9-10(8-17-19-9)3-2-6-15-13(20)11-4-5-12(18-14)16-7-11/h4-5,7-8H,2-3,6,14H2,1H3,(H,15,20)(H,16,18)(H,17,19). The summed E-state index contributed by atoms with van der Waals surface area (Å²) >= 11 is 0. The molecule has 0 unspecified atom stereocenters. The molecule has 0 aromatic carbocycles. The quantitative estimate of drug-likeness (QED) is 0.353. The molecule has 0 aliphatic rings. The molecule has 0 saturated heterocycles. The highest BCUT2D eigenvalue weighted by molar-refractivity contribution is 5.93. The van der Waals surface area contributed by atoms with Gasteiger partial charge in [-0.05, 0) is 37.5 Å². The Kier molecular flexibility index (Phi) is 4.67. The summed E-state index contributed by atoms with van der Waals surface area (Å²) < 4.78 is 0. The molecule has 0 saturated carbocycles. The van der Waals surface area contributed by atoms with Crippen molar-refractivity contribution in [2.75, 3.05) is 12.0 Å². The number of amides is 1. The highest BCUT2D eigenvalue weighted by atomic mass is 16.1. The number of nitrogens with one attached hydrogen (secondary N) is 3. The van der Waals surface area contributed by atoms with Crippen molar-refractivity contribution in [3.63, 3.8) is 0 Å². The summed E-state index contributed by atoms with van der Waals surface area (Å²) in [5.74, 6) is 5.60. The van der Waals surface area contributed by atoms with Crippen LogP contribution in [0.3, 0.4) is 0 Å². The summed E-state index contributed by atoms with van der Waals surface area (Å²) in [5, 5.41) is 9.71. The van der Waals surface area contributed by atoms with Crippen molar-refractivity contribution in [1.29, 1.82) is 0 Å². The van der Waals surface area contributed by atoms with Gasteiger partial charge in [-0.25, -0.2) is 10.8 Å². The highest BCUT2D eigenvalue weighted by Crippen LogP contribution is 2.06. The van der Waals surface area contributed by atoms with Crippen LogP contribution in [0.2, 0.25) is 0 Å². The zero-order valence-electron chi connectivity index (χ0n) is 11.3. The average Bonchev–Trinajstić information content (AvgIpc) is 2.89. The largest absolute Gasteiger partial charge is 0.352 e. The number of aromatic amines is 1. The Bertz CT molecular complexity index is 562. The van der Waals surface area contributed by atoms with Crippen molar-refractivity contribution < 1.29 is 4.79 Å². The van der Waals surface area contributed by atoms with Crippen molar-refractivity contribution in [2.24, 2.45) is 5.84 Å². The molecule has 106 valence electrons. The molecule has 0 aliphatic heterocycles. The first-order valence-corrected chi connectivity index (χ1v) is 6.40. The number of H-pyrrole nitrogens is 1. The molecule has 2 heterocycles. The van der Waals surface area contributed by atoms with Crippen LogP contribution in [0.1, 0.15) is 28.0 Å². The van der Waals surface area contributed by atoms with E-state index in [1.165, 1.54) is 11.8 Å². The maximum Gasteiger partial charge on any atom is 0.252 e. The third-order valence-electron chi connectivity index (χ3n) is 3.02. The van der Waals surface area contributed by atoms with E-state index >= 15 is 0 Å². The molecule has 7 heteroatoms. The second-order valence-electron chi connectivity index (χ2n) is 4.46. The van der Waals surface area contributed by atoms with E-state index in [1.54, 1.807) is 12.1 Å². The summed E-state index contributed by atoms with van der Waals surface area (Å²) in [6.45, 7) is 2.60. The maximum absolute atomic E-state index is 11.9. The van der Waals surface area contributed by atoms with Gasteiger partial charge in [0.05, 0.1) is 11.8 Å². The van der Waals surface area contributed by atoms with Gasteiger partial charge in [0.25, 0.3) is 5.91 Å². The van der Waals surface area contributed by atoms with Crippen LogP contribution in [-0.2, 0) is 6.42 Å². The summed E-state index contributed by atoms with van der Waals surface area (Å²) in [4.78, 5) is 15.8. The van der Waals surface area contributed by atoms with E-state index in [1.807, 2.05) is 13.1 Å². The number of hydrogen-bond acceptors (Lipinski definition) is 5. The predicted octanol–water partition coefficient (Wildman–Crippen LogP) is 0.761. The van der Waals surface area contributed by atoms with Gasteiger partial charge in [-0.15, -0.1) is 0 Å². The molecule has 2 rings (SSSR count). The molecule has 0 radical (unpaired) electrons. The molecule has 7 nitrogen and oxygen atoms in total. The number of rotatable bonds is 6. The van der Waals surface area contributed by atoms with Gasteiger partial charge in [-0.1, -0.05) is 0 Å². The van der Waals surface area contributed by atoms with Gasteiger partial charge in [0.1, 0.15) is 5.82 Å². The molecule has 0 spiro atoms. The summed E-state index contributed by atoms with van der Waals surface area (Å²) in [6, 6.07) is 3.33. The normalized spacial score (nSPS) is 10.3. The van der Waals surface area contributed by atoms with Crippen molar-refractivity contribution >= 4 is 11.7 Å². The number of pyridine rings is 1. The molecule has 1 amide bonds. The van der Waals surface area contributed by atoms with Crippen molar-refractivity contribution in [1.82, 2.24) is 20.5 Å².